The molecule has 0 bridgehead atoms. The topological polar surface area (TPSA) is 68.3 Å². The third-order valence-electron chi connectivity index (χ3n) is 0.872. The molecule has 0 heterocycles. The number of diazo groups is 1. The molecule has 12 heavy (non-hydrogen) atoms. The molecule has 62 valence electrons. The molecule has 0 spiro atoms. The average molecular weight is 164 g/mol. The van der Waals surface area contributed by atoms with Gasteiger partial charge in [0.2, 0.25) is 5.39 Å². The highest BCUT2D eigenvalue weighted by Crippen LogP contribution is 2.07. The minimum atomic E-state index is -1.08. The van der Waals surface area contributed by atoms with Crippen molar-refractivity contribution in [2.24, 2.45) is 0 Å². The maximum Gasteiger partial charge on any atom is 0.385 e. The summed E-state index contributed by atoms with van der Waals surface area (Å²) in [7, 11) is 0. The fourth-order valence-corrected chi connectivity index (χ4v) is 0.495. The van der Waals surface area contributed by atoms with Crippen LogP contribution in [0.15, 0.2) is 30.3 Å². The first kappa shape index (κ1) is 10.1. The second-order valence-electron chi connectivity index (χ2n) is 1.93. The molecular weight excluding hydrogens is 156 g/mol. The first-order valence-corrected chi connectivity index (χ1v) is 3.24. The van der Waals surface area contributed by atoms with E-state index in [1.807, 2.05) is 18.2 Å². The molecule has 0 aliphatic rings. The van der Waals surface area contributed by atoms with E-state index in [0.29, 0.717) is 5.69 Å². The molecular formula is C8H8N2O2. The molecule has 4 heteroatoms. The minimum absolute atomic E-state index is 0.590. The lowest BCUT2D eigenvalue weighted by atomic mass is 10.3. The number of rotatable bonds is 0. The van der Waals surface area contributed by atoms with Crippen LogP contribution in [0.3, 0.4) is 0 Å². The molecule has 1 rings (SSSR count). The van der Waals surface area contributed by atoms with Crippen molar-refractivity contribution in [2.75, 3.05) is 0 Å². The monoisotopic (exact) mass is 164 g/mol. The predicted octanol–water partition coefficient (Wildman–Crippen LogP) is 0.927. The summed E-state index contributed by atoms with van der Waals surface area (Å²) in [5.74, 6) is -1.08. The smallest absolute Gasteiger partial charge is 0.385 e. The van der Waals surface area contributed by atoms with Crippen LogP contribution in [0.4, 0.5) is 5.69 Å². The molecule has 0 amide bonds. The predicted molar refractivity (Wildman–Crippen MR) is 41.9 cm³/mol. The van der Waals surface area contributed by atoms with E-state index in [2.05, 4.69) is 4.98 Å². The van der Waals surface area contributed by atoms with Crippen molar-refractivity contribution in [1.82, 2.24) is 0 Å². The van der Waals surface area contributed by atoms with Gasteiger partial charge < -0.3 is 9.90 Å². The Kier molecular flexibility index (Phi) is 4.94. The van der Waals surface area contributed by atoms with E-state index in [1.165, 1.54) is 0 Å². The number of benzene rings is 1. The molecule has 0 N–H and O–H groups in total. The molecule has 0 aliphatic carbocycles. The van der Waals surface area contributed by atoms with Gasteiger partial charge in [-0.1, -0.05) is 18.2 Å². The Morgan fingerprint density at radius 1 is 1.42 bits per heavy atom. The average Bonchev–Trinajstić information content (AvgIpc) is 2.05. The Labute approximate surface area is 70.1 Å². The number of nitrogens with zero attached hydrogens (tertiary/aromatic N) is 2. The molecule has 1 aromatic rings. The van der Waals surface area contributed by atoms with Crippen molar-refractivity contribution >= 4 is 11.7 Å². The number of hydrogen-bond donors (Lipinski definition) is 0. The van der Waals surface area contributed by atoms with Crippen LogP contribution in [0.1, 0.15) is 6.92 Å². The minimum Gasteiger partial charge on any atom is -0.550 e. The largest absolute Gasteiger partial charge is 0.550 e. The van der Waals surface area contributed by atoms with Gasteiger partial charge in [-0.15, -0.1) is 0 Å². The van der Waals surface area contributed by atoms with Crippen LogP contribution in [0, 0.1) is 5.39 Å². The lowest BCUT2D eigenvalue weighted by Gasteiger charge is -1.77. The lowest BCUT2D eigenvalue weighted by Crippen LogP contribution is -2.16. The number of carbonyl (C=O) groups excluding carboxylic acids is 1. The van der Waals surface area contributed by atoms with Gasteiger partial charge in [-0.05, 0) is 6.92 Å². The van der Waals surface area contributed by atoms with Crippen LogP contribution in [0.25, 0.3) is 4.98 Å². The Hall–Kier alpha value is -1.89. The van der Waals surface area contributed by atoms with Gasteiger partial charge >= 0.3 is 5.69 Å². The number of hydrogen-bond acceptors (Lipinski definition) is 3. The Bertz CT molecular complexity index is 273. The summed E-state index contributed by atoms with van der Waals surface area (Å²) in [5, 5.41) is 17.1. The van der Waals surface area contributed by atoms with Crippen molar-refractivity contribution in [3.05, 3.63) is 35.3 Å². The number of carboxylic acid groups (broad SMARTS) is 1. The fourth-order valence-electron chi connectivity index (χ4n) is 0.495. The van der Waals surface area contributed by atoms with Crippen LogP contribution in [0.5, 0.6) is 0 Å². The zero-order chi connectivity index (χ0) is 9.40. The Morgan fingerprint density at radius 2 is 1.83 bits per heavy atom. The van der Waals surface area contributed by atoms with Gasteiger partial charge in [-0.3, -0.25) is 0 Å². The van der Waals surface area contributed by atoms with Gasteiger partial charge in [0.1, 0.15) is 0 Å². The summed E-state index contributed by atoms with van der Waals surface area (Å²) in [6.45, 7) is 0.972. The second kappa shape index (κ2) is 5.86. The summed E-state index contributed by atoms with van der Waals surface area (Å²) in [5.41, 5.74) is 0.590. The highest BCUT2D eigenvalue weighted by Gasteiger charge is 1.95. The van der Waals surface area contributed by atoms with E-state index in [1.54, 1.807) is 12.1 Å². The molecule has 0 fully saturated rings. The van der Waals surface area contributed by atoms with E-state index in [-0.39, 0.29) is 0 Å². The van der Waals surface area contributed by atoms with Gasteiger partial charge in [-0.25, -0.2) is 0 Å². The maximum absolute atomic E-state index is 8.89. The first-order valence-electron chi connectivity index (χ1n) is 3.24. The van der Waals surface area contributed by atoms with E-state index < -0.39 is 5.97 Å². The van der Waals surface area contributed by atoms with Crippen molar-refractivity contribution in [1.29, 1.82) is 5.39 Å². The summed E-state index contributed by atoms with van der Waals surface area (Å²) < 4.78 is 0. The molecule has 0 radical (unpaired) electrons. The van der Waals surface area contributed by atoms with Crippen molar-refractivity contribution in [3.8, 4) is 0 Å². The molecule has 0 aromatic heterocycles. The Balaban J connectivity index is 0.000000261. The summed E-state index contributed by atoms with van der Waals surface area (Å²) in [4.78, 5) is 11.9. The third kappa shape index (κ3) is 6.23. The van der Waals surface area contributed by atoms with Crippen LogP contribution in [-0.4, -0.2) is 5.97 Å². The highest BCUT2D eigenvalue weighted by molar-refractivity contribution is 5.60. The van der Waals surface area contributed by atoms with Crippen molar-refractivity contribution in [3.63, 3.8) is 0 Å². The van der Waals surface area contributed by atoms with Gasteiger partial charge in [0.25, 0.3) is 0 Å². The summed E-state index contributed by atoms with van der Waals surface area (Å²) >= 11 is 0. The molecule has 0 aliphatic heterocycles. The standard InChI is InChI=1S/C6H5N2.C2H4O2/c7-8-6-4-2-1-3-5-6;1-2(3)4/h1-5H;1H3,(H,3,4)/q+1;/p-1. The second-order valence-corrected chi connectivity index (χ2v) is 1.93. The highest BCUT2D eigenvalue weighted by atomic mass is 16.4. The Morgan fingerprint density at radius 3 is 2.08 bits per heavy atom. The van der Waals surface area contributed by atoms with E-state index in [4.69, 9.17) is 15.3 Å². The van der Waals surface area contributed by atoms with Gasteiger partial charge in [0.15, 0.2) is 4.98 Å². The molecule has 0 unspecified atom stereocenters. The van der Waals surface area contributed by atoms with Crippen LogP contribution >= 0.6 is 0 Å². The van der Waals surface area contributed by atoms with Gasteiger partial charge in [0, 0.05) is 18.1 Å². The first-order chi connectivity index (χ1) is 5.66. The van der Waals surface area contributed by atoms with Crippen LogP contribution in [0.2, 0.25) is 0 Å². The normalized spacial score (nSPS) is 7.33. The van der Waals surface area contributed by atoms with E-state index >= 15 is 0 Å². The SMILES string of the molecule is CC(=O)[O-].N#[N+]c1ccccc1. The zero-order valence-corrected chi connectivity index (χ0v) is 6.60. The summed E-state index contributed by atoms with van der Waals surface area (Å²) in [6, 6.07) is 8.94. The molecule has 0 atom stereocenters. The fraction of sp³-hybridized carbons (Fsp3) is 0.125. The molecule has 4 nitrogen and oxygen atoms in total. The molecule has 1 aromatic carbocycles. The number of aliphatic carboxylic acids is 1. The molecule has 0 saturated heterocycles. The number of carboxylic acids is 1. The third-order valence-corrected chi connectivity index (χ3v) is 0.872. The maximum atomic E-state index is 8.89. The molecule has 0 saturated carbocycles. The van der Waals surface area contributed by atoms with Crippen molar-refractivity contribution in [2.45, 2.75) is 6.92 Å². The lowest BCUT2D eigenvalue weighted by molar-refractivity contribution is -0.302. The van der Waals surface area contributed by atoms with Crippen LogP contribution in [-0.2, 0) is 4.79 Å². The van der Waals surface area contributed by atoms with Gasteiger partial charge in [-0.2, -0.15) is 0 Å². The summed E-state index contributed by atoms with van der Waals surface area (Å²) in [6.07, 6.45) is 0. The van der Waals surface area contributed by atoms with Crippen molar-refractivity contribution < 1.29 is 9.90 Å². The zero-order valence-electron chi connectivity index (χ0n) is 6.60. The quantitative estimate of drug-likeness (QED) is 0.535. The van der Waals surface area contributed by atoms with E-state index in [9.17, 15) is 0 Å². The number of carbonyl (C=O) groups is 1. The van der Waals surface area contributed by atoms with Gasteiger partial charge in [0.05, 0.1) is 0 Å². The van der Waals surface area contributed by atoms with E-state index in [0.717, 1.165) is 6.92 Å². The van der Waals surface area contributed by atoms with Crippen LogP contribution < -0.4 is 5.11 Å².